The SMILES string of the molecule is CCOc1ccc(-n2ccn(CC(=O)Nc3ccc(OC)c(Cl)c3)c(=O)c2=O)cc1. The second-order valence-electron chi connectivity index (χ2n) is 6.23. The van der Waals surface area contributed by atoms with Crippen LogP contribution in [-0.2, 0) is 11.3 Å². The zero-order valence-corrected chi connectivity index (χ0v) is 17.2. The fourth-order valence-electron chi connectivity index (χ4n) is 2.81. The van der Waals surface area contributed by atoms with E-state index in [2.05, 4.69) is 5.32 Å². The van der Waals surface area contributed by atoms with Crippen LogP contribution in [0.15, 0.2) is 64.4 Å². The molecule has 0 atom stereocenters. The molecule has 156 valence electrons. The van der Waals surface area contributed by atoms with Crippen molar-refractivity contribution >= 4 is 23.2 Å². The van der Waals surface area contributed by atoms with Gasteiger partial charge < -0.3 is 14.8 Å². The van der Waals surface area contributed by atoms with Crippen LogP contribution in [0, 0.1) is 0 Å². The monoisotopic (exact) mass is 429 g/mol. The maximum absolute atomic E-state index is 12.5. The lowest BCUT2D eigenvalue weighted by atomic mass is 10.3. The zero-order chi connectivity index (χ0) is 21.7. The molecule has 1 N–H and O–H groups in total. The van der Waals surface area contributed by atoms with Crippen molar-refractivity contribution in [3.05, 3.63) is 80.6 Å². The molecule has 0 spiro atoms. The summed E-state index contributed by atoms with van der Waals surface area (Å²) in [6, 6.07) is 11.5. The average molecular weight is 430 g/mol. The summed E-state index contributed by atoms with van der Waals surface area (Å²) in [6.07, 6.45) is 2.83. The highest BCUT2D eigenvalue weighted by Crippen LogP contribution is 2.27. The predicted molar refractivity (Wildman–Crippen MR) is 114 cm³/mol. The summed E-state index contributed by atoms with van der Waals surface area (Å²) in [5.41, 5.74) is -0.608. The van der Waals surface area contributed by atoms with Crippen molar-refractivity contribution in [2.45, 2.75) is 13.5 Å². The number of hydrogen-bond acceptors (Lipinski definition) is 5. The highest BCUT2D eigenvalue weighted by atomic mass is 35.5. The summed E-state index contributed by atoms with van der Waals surface area (Å²) in [4.78, 5) is 37.2. The smallest absolute Gasteiger partial charge is 0.320 e. The van der Waals surface area contributed by atoms with Gasteiger partial charge in [-0.25, -0.2) is 0 Å². The third-order valence-electron chi connectivity index (χ3n) is 4.23. The van der Waals surface area contributed by atoms with Crippen molar-refractivity contribution in [2.75, 3.05) is 19.0 Å². The Balaban J connectivity index is 1.76. The molecule has 0 unspecified atom stereocenters. The summed E-state index contributed by atoms with van der Waals surface area (Å²) in [6.45, 7) is 2.08. The van der Waals surface area contributed by atoms with E-state index < -0.39 is 17.0 Å². The number of aromatic nitrogens is 2. The van der Waals surface area contributed by atoms with Gasteiger partial charge in [0.2, 0.25) is 5.91 Å². The molecule has 0 radical (unpaired) electrons. The van der Waals surface area contributed by atoms with Crippen LogP contribution in [0.3, 0.4) is 0 Å². The number of carbonyl (C=O) groups is 1. The van der Waals surface area contributed by atoms with Gasteiger partial charge in [-0.1, -0.05) is 11.6 Å². The average Bonchev–Trinajstić information content (AvgIpc) is 2.73. The van der Waals surface area contributed by atoms with Crippen LogP contribution in [0.4, 0.5) is 5.69 Å². The van der Waals surface area contributed by atoms with Crippen LogP contribution in [0.2, 0.25) is 5.02 Å². The number of halogens is 1. The standard InChI is InChI=1S/C21H20ClN3O5/c1-3-30-16-7-5-15(6-8-16)25-11-10-24(20(27)21(25)28)13-19(26)23-14-4-9-18(29-2)17(22)12-14/h4-12H,3,13H2,1-2H3,(H,23,26). The summed E-state index contributed by atoms with van der Waals surface area (Å²) < 4.78 is 12.7. The lowest BCUT2D eigenvalue weighted by Gasteiger charge is -2.11. The molecule has 8 nitrogen and oxygen atoms in total. The molecule has 0 saturated heterocycles. The van der Waals surface area contributed by atoms with E-state index in [0.717, 1.165) is 4.57 Å². The number of hydrogen-bond donors (Lipinski definition) is 1. The lowest BCUT2D eigenvalue weighted by Crippen LogP contribution is -2.41. The van der Waals surface area contributed by atoms with Crippen molar-refractivity contribution in [3.63, 3.8) is 0 Å². The lowest BCUT2D eigenvalue weighted by molar-refractivity contribution is -0.116. The topological polar surface area (TPSA) is 91.6 Å². The molecule has 0 aliphatic heterocycles. The van der Waals surface area contributed by atoms with Gasteiger partial charge in [-0.3, -0.25) is 23.5 Å². The fraction of sp³-hybridized carbons (Fsp3) is 0.190. The number of nitrogens with zero attached hydrogens (tertiary/aromatic N) is 2. The van der Waals surface area contributed by atoms with Crippen LogP contribution in [0.1, 0.15) is 6.92 Å². The molecule has 0 fully saturated rings. The van der Waals surface area contributed by atoms with Gasteiger partial charge in [-0.15, -0.1) is 0 Å². The summed E-state index contributed by atoms with van der Waals surface area (Å²) in [5, 5.41) is 2.97. The van der Waals surface area contributed by atoms with Crippen LogP contribution in [0.5, 0.6) is 11.5 Å². The van der Waals surface area contributed by atoms with Crippen molar-refractivity contribution in [2.24, 2.45) is 0 Å². The highest BCUT2D eigenvalue weighted by Gasteiger charge is 2.11. The van der Waals surface area contributed by atoms with Gasteiger partial charge in [0.1, 0.15) is 18.0 Å². The van der Waals surface area contributed by atoms with Gasteiger partial charge in [0.15, 0.2) is 0 Å². The minimum absolute atomic E-state index is 0.318. The molecule has 30 heavy (non-hydrogen) atoms. The maximum Gasteiger partial charge on any atom is 0.320 e. The highest BCUT2D eigenvalue weighted by molar-refractivity contribution is 6.32. The number of methoxy groups -OCH3 is 1. The Morgan fingerprint density at radius 1 is 1.07 bits per heavy atom. The Hall–Kier alpha value is -3.52. The van der Waals surface area contributed by atoms with E-state index in [4.69, 9.17) is 21.1 Å². The van der Waals surface area contributed by atoms with Crippen molar-refractivity contribution in [1.29, 1.82) is 0 Å². The van der Waals surface area contributed by atoms with E-state index in [9.17, 15) is 14.4 Å². The van der Waals surface area contributed by atoms with Crippen LogP contribution < -0.4 is 25.9 Å². The van der Waals surface area contributed by atoms with Gasteiger partial charge in [-0.2, -0.15) is 0 Å². The molecule has 0 bridgehead atoms. The van der Waals surface area contributed by atoms with Crippen LogP contribution >= 0.6 is 11.6 Å². The van der Waals surface area contributed by atoms with E-state index in [1.165, 1.54) is 30.1 Å². The van der Waals surface area contributed by atoms with E-state index in [1.807, 2.05) is 6.92 Å². The second kappa shape index (κ2) is 9.32. The molecule has 2 aromatic carbocycles. The number of rotatable bonds is 7. The minimum atomic E-state index is -0.811. The molecule has 1 heterocycles. The van der Waals surface area contributed by atoms with Gasteiger partial charge in [0, 0.05) is 23.8 Å². The number of anilines is 1. The van der Waals surface area contributed by atoms with E-state index in [-0.39, 0.29) is 6.54 Å². The Bertz CT molecular complexity index is 1170. The normalized spacial score (nSPS) is 10.5. The Morgan fingerprint density at radius 2 is 1.80 bits per heavy atom. The molecule has 3 aromatic rings. The first-order valence-electron chi connectivity index (χ1n) is 9.11. The summed E-state index contributed by atoms with van der Waals surface area (Å²) >= 11 is 6.04. The third kappa shape index (κ3) is 4.72. The zero-order valence-electron chi connectivity index (χ0n) is 16.4. The summed E-state index contributed by atoms with van der Waals surface area (Å²) in [7, 11) is 1.49. The maximum atomic E-state index is 12.5. The Morgan fingerprint density at radius 3 is 2.43 bits per heavy atom. The van der Waals surface area contributed by atoms with Crippen molar-refractivity contribution < 1.29 is 14.3 Å². The minimum Gasteiger partial charge on any atom is -0.495 e. The Kier molecular flexibility index (Phi) is 6.58. The van der Waals surface area contributed by atoms with E-state index in [1.54, 1.807) is 36.4 Å². The first-order valence-corrected chi connectivity index (χ1v) is 9.49. The number of ether oxygens (including phenoxy) is 2. The second-order valence-corrected chi connectivity index (χ2v) is 6.64. The van der Waals surface area contributed by atoms with Crippen molar-refractivity contribution in [1.82, 2.24) is 9.13 Å². The molecular formula is C21H20ClN3O5. The largest absolute Gasteiger partial charge is 0.495 e. The molecule has 0 aliphatic carbocycles. The number of amides is 1. The Labute approximate surface area is 177 Å². The van der Waals surface area contributed by atoms with Crippen molar-refractivity contribution in [3.8, 4) is 17.2 Å². The first-order chi connectivity index (χ1) is 14.4. The summed E-state index contributed by atoms with van der Waals surface area (Å²) in [5.74, 6) is 0.665. The molecule has 0 saturated carbocycles. The number of benzene rings is 2. The third-order valence-corrected chi connectivity index (χ3v) is 4.53. The molecule has 9 heteroatoms. The van der Waals surface area contributed by atoms with Crippen LogP contribution in [-0.4, -0.2) is 28.8 Å². The quantitative estimate of drug-likeness (QED) is 0.583. The molecule has 3 rings (SSSR count). The number of nitrogens with one attached hydrogen (secondary N) is 1. The predicted octanol–water partition coefficient (Wildman–Crippen LogP) is 2.70. The molecule has 0 aliphatic rings. The molecular weight excluding hydrogens is 410 g/mol. The number of carbonyl (C=O) groups excluding carboxylic acids is 1. The fourth-order valence-corrected chi connectivity index (χ4v) is 3.06. The van der Waals surface area contributed by atoms with E-state index >= 15 is 0 Å². The van der Waals surface area contributed by atoms with Crippen LogP contribution in [0.25, 0.3) is 5.69 Å². The van der Waals surface area contributed by atoms with E-state index in [0.29, 0.717) is 34.5 Å². The molecule has 1 aromatic heterocycles. The van der Waals surface area contributed by atoms with Gasteiger partial charge in [0.25, 0.3) is 0 Å². The van der Waals surface area contributed by atoms with Gasteiger partial charge in [0.05, 0.1) is 18.7 Å². The van der Waals surface area contributed by atoms with Gasteiger partial charge >= 0.3 is 11.1 Å². The van der Waals surface area contributed by atoms with Gasteiger partial charge in [-0.05, 0) is 49.4 Å². The first kappa shape index (κ1) is 21.2. The molecule has 1 amide bonds.